The molecule has 5 nitrogen and oxygen atoms in total. The Bertz CT molecular complexity index is 626. The first-order chi connectivity index (χ1) is 9.65. The molecule has 104 valence electrons. The van der Waals surface area contributed by atoms with E-state index in [9.17, 15) is 4.79 Å². The van der Waals surface area contributed by atoms with Gasteiger partial charge in [0.25, 0.3) is 0 Å². The van der Waals surface area contributed by atoms with Crippen LogP contribution in [0.3, 0.4) is 0 Å². The summed E-state index contributed by atoms with van der Waals surface area (Å²) in [5.74, 6) is 0.145. The molecule has 2 aromatic heterocycles. The third-order valence-electron chi connectivity index (χ3n) is 2.82. The van der Waals surface area contributed by atoms with Gasteiger partial charge in [-0.3, -0.25) is 0 Å². The van der Waals surface area contributed by atoms with Crippen molar-refractivity contribution < 1.29 is 9.53 Å². The van der Waals surface area contributed by atoms with E-state index in [-0.39, 0.29) is 5.97 Å². The molecule has 0 fully saturated rings. The van der Waals surface area contributed by atoms with Gasteiger partial charge >= 0.3 is 5.97 Å². The van der Waals surface area contributed by atoms with E-state index in [1.54, 1.807) is 6.92 Å². The van der Waals surface area contributed by atoms with Crippen molar-refractivity contribution in [3.8, 4) is 11.5 Å². The van der Waals surface area contributed by atoms with E-state index in [1.807, 2.05) is 32.0 Å². The fourth-order valence-corrected chi connectivity index (χ4v) is 1.86. The summed E-state index contributed by atoms with van der Waals surface area (Å²) in [5.41, 5.74) is 2.70. The van der Waals surface area contributed by atoms with E-state index in [0.717, 1.165) is 5.69 Å². The van der Waals surface area contributed by atoms with Crippen molar-refractivity contribution >= 4 is 5.97 Å². The minimum absolute atomic E-state index is 0.336. The van der Waals surface area contributed by atoms with E-state index in [0.29, 0.717) is 35.8 Å². The predicted molar refractivity (Wildman–Crippen MR) is 75.3 cm³/mol. The average Bonchev–Trinajstić information content (AvgIpc) is 2.46. The predicted octanol–water partition coefficient (Wildman–Crippen LogP) is 2.59. The van der Waals surface area contributed by atoms with E-state index in [2.05, 4.69) is 15.0 Å². The summed E-state index contributed by atoms with van der Waals surface area (Å²) >= 11 is 0. The van der Waals surface area contributed by atoms with Gasteiger partial charge in [-0.1, -0.05) is 13.0 Å². The van der Waals surface area contributed by atoms with Gasteiger partial charge in [-0.05, 0) is 32.4 Å². The molecule has 0 unspecified atom stereocenters. The van der Waals surface area contributed by atoms with Gasteiger partial charge < -0.3 is 4.74 Å². The van der Waals surface area contributed by atoms with Crippen molar-refractivity contribution in [2.75, 3.05) is 6.61 Å². The van der Waals surface area contributed by atoms with Crippen molar-refractivity contribution in [1.29, 1.82) is 0 Å². The number of carbonyl (C=O) groups is 1. The van der Waals surface area contributed by atoms with E-state index in [4.69, 9.17) is 4.74 Å². The number of nitrogens with zero attached hydrogens (tertiary/aromatic N) is 3. The Morgan fingerprint density at radius 1 is 1.25 bits per heavy atom. The first kappa shape index (κ1) is 14.1. The van der Waals surface area contributed by atoms with Crippen LogP contribution in [-0.4, -0.2) is 27.5 Å². The quantitative estimate of drug-likeness (QED) is 0.800. The van der Waals surface area contributed by atoms with Crippen molar-refractivity contribution in [2.24, 2.45) is 0 Å². The lowest BCUT2D eigenvalue weighted by Gasteiger charge is -2.08. The van der Waals surface area contributed by atoms with Crippen molar-refractivity contribution in [2.45, 2.75) is 27.2 Å². The summed E-state index contributed by atoms with van der Waals surface area (Å²) in [5, 5.41) is 0. The maximum Gasteiger partial charge on any atom is 0.341 e. The molecule has 0 saturated carbocycles. The van der Waals surface area contributed by atoms with Crippen molar-refractivity contribution in [3.05, 3.63) is 41.3 Å². The van der Waals surface area contributed by atoms with Gasteiger partial charge in [0, 0.05) is 11.9 Å². The number of aryl methyl sites for hydroxylation is 2. The van der Waals surface area contributed by atoms with Gasteiger partial charge in [-0.2, -0.15) is 0 Å². The molecule has 0 bridgehead atoms. The third kappa shape index (κ3) is 2.99. The minimum Gasteiger partial charge on any atom is -0.462 e. The van der Waals surface area contributed by atoms with Crippen LogP contribution in [-0.2, 0) is 11.2 Å². The van der Waals surface area contributed by atoms with Crippen molar-refractivity contribution in [1.82, 2.24) is 15.0 Å². The van der Waals surface area contributed by atoms with E-state index >= 15 is 0 Å². The molecule has 2 heterocycles. The number of aromatic nitrogens is 3. The Kier molecular flexibility index (Phi) is 4.40. The Morgan fingerprint density at radius 2 is 2.05 bits per heavy atom. The third-order valence-corrected chi connectivity index (χ3v) is 2.82. The van der Waals surface area contributed by atoms with Gasteiger partial charge in [0.15, 0.2) is 5.82 Å². The molecule has 2 aromatic rings. The summed E-state index contributed by atoms with van der Waals surface area (Å²) in [6.45, 7) is 5.97. The molecule has 2 rings (SSSR count). The molecule has 0 spiro atoms. The SMILES string of the molecule is CCOC(=O)c1cnc(-c2cccc(C)n2)nc1CC. The molecule has 0 radical (unpaired) electrons. The van der Waals surface area contributed by atoms with Gasteiger partial charge in [0.2, 0.25) is 0 Å². The fraction of sp³-hybridized carbons (Fsp3) is 0.333. The van der Waals surface area contributed by atoms with Crippen LogP contribution in [0.2, 0.25) is 0 Å². The molecular weight excluding hydrogens is 254 g/mol. The molecule has 5 heteroatoms. The van der Waals surface area contributed by atoms with Crippen LogP contribution in [0.15, 0.2) is 24.4 Å². The zero-order chi connectivity index (χ0) is 14.5. The minimum atomic E-state index is -0.381. The smallest absolute Gasteiger partial charge is 0.341 e. The van der Waals surface area contributed by atoms with Crippen LogP contribution in [0, 0.1) is 6.92 Å². The first-order valence-electron chi connectivity index (χ1n) is 6.62. The van der Waals surface area contributed by atoms with E-state index in [1.165, 1.54) is 6.20 Å². The summed E-state index contributed by atoms with van der Waals surface area (Å²) in [6.07, 6.45) is 2.15. The number of carbonyl (C=O) groups excluding carboxylic acids is 1. The number of esters is 1. The number of ether oxygens (including phenoxy) is 1. The second-order valence-electron chi connectivity index (χ2n) is 4.29. The lowest BCUT2D eigenvalue weighted by Crippen LogP contribution is -2.11. The lowest BCUT2D eigenvalue weighted by atomic mass is 10.2. The van der Waals surface area contributed by atoms with Crippen LogP contribution in [0.4, 0.5) is 0 Å². The molecule has 0 aromatic carbocycles. The standard InChI is InChI=1S/C15H17N3O2/c1-4-12-11(15(19)20-5-2)9-16-14(18-12)13-8-6-7-10(3)17-13/h6-9H,4-5H2,1-3H3. The maximum atomic E-state index is 11.8. The second kappa shape index (κ2) is 6.23. The van der Waals surface area contributed by atoms with E-state index < -0.39 is 0 Å². The summed E-state index contributed by atoms with van der Waals surface area (Å²) in [4.78, 5) is 24.9. The highest BCUT2D eigenvalue weighted by atomic mass is 16.5. The highest BCUT2D eigenvalue weighted by molar-refractivity contribution is 5.90. The number of hydrogen-bond donors (Lipinski definition) is 0. The monoisotopic (exact) mass is 271 g/mol. The van der Waals surface area contributed by atoms with Gasteiger partial charge in [0.1, 0.15) is 5.69 Å². The van der Waals surface area contributed by atoms with Crippen LogP contribution in [0.25, 0.3) is 11.5 Å². The first-order valence-corrected chi connectivity index (χ1v) is 6.62. The molecule has 20 heavy (non-hydrogen) atoms. The summed E-state index contributed by atoms with van der Waals surface area (Å²) in [6, 6.07) is 5.68. The van der Waals surface area contributed by atoms with Crippen LogP contribution in [0.5, 0.6) is 0 Å². The Balaban J connectivity index is 2.41. The fourth-order valence-electron chi connectivity index (χ4n) is 1.86. The van der Waals surface area contributed by atoms with Crippen molar-refractivity contribution in [3.63, 3.8) is 0 Å². The topological polar surface area (TPSA) is 65.0 Å². The Morgan fingerprint density at radius 3 is 2.70 bits per heavy atom. The molecule has 0 amide bonds. The van der Waals surface area contributed by atoms with Crippen LogP contribution >= 0.6 is 0 Å². The zero-order valence-corrected chi connectivity index (χ0v) is 11.9. The van der Waals surface area contributed by atoms with Gasteiger partial charge in [-0.25, -0.2) is 19.7 Å². The average molecular weight is 271 g/mol. The number of pyridine rings is 1. The molecule has 0 atom stereocenters. The Labute approximate surface area is 118 Å². The number of hydrogen-bond acceptors (Lipinski definition) is 5. The molecule has 0 aliphatic heterocycles. The van der Waals surface area contributed by atoms with Gasteiger partial charge in [0.05, 0.1) is 17.9 Å². The normalized spacial score (nSPS) is 10.3. The van der Waals surface area contributed by atoms with Crippen LogP contribution in [0.1, 0.15) is 35.6 Å². The Hall–Kier alpha value is -2.30. The highest BCUT2D eigenvalue weighted by Crippen LogP contribution is 2.16. The molecule has 0 saturated heterocycles. The summed E-state index contributed by atoms with van der Waals surface area (Å²) < 4.78 is 5.00. The largest absolute Gasteiger partial charge is 0.462 e. The summed E-state index contributed by atoms with van der Waals surface area (Å²) in [7, 11) is 0. The highest BCUT2D eigenvalue weighted by Gasteiger charge is 2.15. The molecule has 0 N–H and O–H groups in total. The lowest BCUT2D eigenvalue weighted by molar-refractivity contribution is 0.0524. The van der Waals surface area contributed by atoms with Crippen LogP contribution < -0.4 is 0 Å². The molecule has 0 aliphatic rings. The zero-order valence-electron chi connectivity index (χ0n) is 11.9. The molecular formula is C15H17N3O2. The molecule has 0 aliphatic carbocycles. The number of rotatable bonds is 4. The maximum absolute atomic E-state index is 11.8. The van der Waals surface area contributed by atoms with Gasteiger partial charge in [-0.15, -0.1) is 0 Å². The second-order valence-corrected chi connectivity index (χ2v) is 4.29.